The first kappa shape index (κ1) is 17.0. The Morgan fingerprint density at radius 2 is 1.50 bits per heavy atom. The second-order valence-corrected chi connectivity index (χ2v) is 0. The summed E-state index contributed by atoms with van der Waals surface area (Å²) in [6.45, 7) is 0. The Morgan fingerprint density at radius 3 is 1.50 bits per heavy atom. The van der Waals surface area contributed by atoms with Gasteiger partial charge in [0.15, 0.2) is 0 Å². The average molecular weight is 155 g/mol. The molecule has 0 aromatic rings. The van der Waals surface area contributed by atoms with Crippen LogP contribution in [0.3, 0.4) is 0 Å². The van der Waals surface area contributed by atoms with Crippen LogP contribution in [0.25, 0.3) is 0 Å². The quantitative estimate of drug-likeness (QED) is 0.340. The van der Waals surface area contributed by atoms with Gasteiger partial charge in [-0.15, -0.1) is 0 Å². The first-order valence-electron chi connectivity index (χ1n) is 0.136. The van der Waals surface area contributed by atoms with E-state index in [1.165, 1.54) is 0 Å². The molecule has 0 rings (SSSR count). The molecule has 0 saturated carbocycles. The Morgan fingerprint density at radius 1 is 1.50 bits per heavy atom. The molecule has 0 aliphatic heterocycles. The zero-order valence-corrected chi connectivity index (χ0v) is 6.24. The van der Waals surface area contributed by atoms with E-state index >= 15 is 0 Å². The molecule has 1 nitrogen and oxygen atoms in total. The second kappa shape index (κ2) is 21.2. The van der Waals surface area contributed by atoms with Crippen molar-refractivity contribution in [2.45, 2.75) is 0 Å². The van der Waals surface area contributed by atoms with Crippen LogP contribution in [-0.2, 0) is 36.6 Å². The van der Waals surface area contributed by atoms with Crippen LogP contribution >= 0.6 is 0 Å². The molecular weight excluding hydrogens is 154 g/mol. The van der Waals surface area contributed by atoms with E-state index in [9.17, 15) is 0 Å². The number of rotatable bonds is 0. The SMILES string of the molecule is [Fe].[H-].[Na+].[O]=[Co]. The zero-order chi connectivity index (χ0) is 2.00. The third kappa shape index (κ3) is 9.16. The summed E-state index contributed by atoms with van der Waals surface area (Å²) in [7, 11) is 0. The van der Waals surface area contributed by atoms with E-state index < -0.39 is 0 Å². The molecule has 0 aromatic carbocycles. The van der Waals surface area contributed by atoms with E-state index in [0.29, 0.717) is 0 Å². The molecule has 0 amide bonds. The summed E-state index contributed by atoms with van der Waals surface area (Å²) in [6.07, 6.45) is 0. The Labute approximate surface area is 66.9 Å². The van der Waals surface area contributed by atoms with Gasteiger partial charge in [-0.1, -0.05) is 0 Å². The van der Waals surface area contributed by atoms with Crippen molar-refractivity contribution in [1.29, 1.82) is 0 Å². The van der Waals surface area contributed by atoms with E-state index in [0.717, 1.165) is 0 Å². The summed E-state index contributed by atoms with van der Waals surface area (Å²) in [6, 6.07) is 0. The number of hydrogen-bond donors (Lipinski definition) is 0. The molecule has 0 aliphatic rings. The van der Waals surface area contributed by atoms with E-state index in [1.54, 1.807) is 0 Å². The van der Waals surface area contributed by atoms with Gasteiger partial charge in [-0.3, -0.25) is 0 Å². The average Bonchev–Trinajstić information content (AvgIpc) is 1.00. The van der Waals surface area contributed by atoms with Crippen molar-refractivity contribution in [2.75, 3.05) is 0 Å². The fourth-order valence-electron chi connectivity index (χ4n) is 0. The van der Waals surface area contributed by atoms with Crippen LogP contribution in [0.1, 0.15) is 1.43 Å². The predicted octanol–water partition coefficient (Wildman–Crippen LogP) is -3.01. The summed E-state index contributed by atoms with van der Waals surface area (Å²) in [5.41, 5.74) is 0. The van der Waals surface area contributed by atoms with Gasteiger partial charge in [0.1, 0.15) is 0 Å². The molecule has 0 aliphatic carbocycles. The van der Waals surface area contributed by atoms with Crippen LogP contribution < -0.4 is 29.6 Å². The first-order valence-corrected chi connectivity index (χ1v) is 0.561. The van der Waals surface area contributed by atoms with Crippen LogP contribution in [0.15, 0.2) is 0 Å². The standard InChI is InChI=1S/Co.Fe.Na.O.H/q;;+1;;-1. The van der Waals surface area contributed by atoms with Gasteiger partial charge in [-0.2, -0.15) is 0 Å². The molecule has 4 heavy (non-hydrogen) atoms. The molecular formula is HCoFeNaO. The molecule has 0 radical (unpaired) electrons. The van der Waals surface area contributed by atoms with Crippen LogP contribution in [0.4, 0.5) is 0 Å². The Hall–Kier alpha value is 1.83. The normalized spacial score (nSPS) is 1.25. The molecule has 0 spiro atoms. The Balaban J connectivity index is -0.00000000167. The van der Waals surface area contributed by atoms with E-state index in [1.807, 2.05) is 0 Å². The predicted molar refractivity (Wildman–Crippen MR) is 1.80 cm³/mol. The fourth-order valence-corrected chi connectivity index (χ4v) is 0. The van der Waals surface area contributed by atoms with Crippen LogP contribution in [0, 0.1) is 0 Å². The summed E-state index contributed by atoms with van der Waals surface area (Å²) < 4.78 is 7.94. The van der Waals surface area contributed by atoms with E-state index in [-0.39, 0.29) is 48.1 Å². The minimum atomic E-state index is 0. The summed E-state index contributed by atoms with van der Waals surface area (Å²) in [5, 5.41) is 0. The zero-order valence-electron chi connectivity index (χ0n) is 3.10. The molecule has 0 fully saturated rings. The Kier molecular flexibility index (Phi) is 90.0. The van der Waals surface area contributed by atoms with Gasteiger partial charge in [0.05, 0.1) is 0 Å². The van der Waals surface area contributed by atoms with Gasteiger partial charge in [-0.05, 0) is 0 Å². The van der Waals surface area contributed by atoms with Crippen LogP contribution in [0.5, 0.6) is 0 Å². The van der Waals surface area contributed by atoms with Gasteiger partial charge in [0.25, 0.3) is 0 Å². The molecule has 0 atom stereocenters. The summed E-state index contributed by atoms with van der Waals surface area (Å²) in [4.78, 5) is 0. The van der Waals surface area contributed by atoms with Gasteiger partial charge in [0.2, 0.25) is 0 Å². The minimum absolute atomic E-state index is 0. The van der Waals surface area contributed by atoms with Crippen molar-refractivity contribution < 1.29 is 67.6 Å². The number of hydrogen-bond acceptors (Lipinski definition) is 1. The van der Waals surface area contributed by atoms with Crippen molar-refractivity contribution in [3.8, 4) is 0 Å². The van der Waals surface area contributed by atoms with Crippen molar-refractivity contribution in [1.82, 2.24) is 0 Å². The van der Waals surface area contributed by atoms with Crippen molar-refractivity contribution in [2.24, 2.45) is 0 Å². The molecule has 0 heterocycles. The van der Waals surface area contributed by atoms with Gasteiger partial charge >= 0.3 is 49.1 Å². The molecule has 25 valence electrons. The van der Waals surface area contributed by atoms with Crippen molar-refractivity contribution in [3.63, 3.8) is 0 Å². The van der Waals surface area contributed by atoms with Gasteiger partial charge in [0, 0.05) is 17.1 Å². The summed E-state index contributed by atoms with van der Waals surface area (Å²) >= 11 is 2.31. The van der Waals surface area contributed by atoms with E-state index in [2.05, 4.69) is 15.7 Å². The molecule has 0 aromatic heterocycles. The molecule has 0 saturated heterocycles. The summed E-state index contributed by atoms with van der Waals surface area (Å²) in [5.74, 6) is 0. The monoisotopic (exact) mass is 155 g/mol. The molecule has 0 N–H and O–H groups in total. The molecule has 0 bridgehead atoms. The Bertz CT molecular complexity index is 11.6. The first-order chi connectivity index (χ1) is 1.00. The van der Waals surface area contributed by atoms with Crippen molar-refractivity contribution >= 4 is 0 Å². The molecule has 0 unspecified atom stereocenters. The third-order valence-electron chi connectivity index (χ3n) is 0. The second-order valence-electron chi connectivity index (χ2n) is 0. The van der Waals surface area contributed by atoms with Gasteiger partial charge < -0.3 is 1.43 Å². The maximum absolute atomic E-state index is 7.94. The maximum atomic E-state index is 7.94. The van der Waals surface area contributed by atoms with Crippen LogP contribution in [-0.4, -0.2) is 0 Å². The van der Waals surface area contributed by atoms with Crippen molar-refractivity contribution in [3.05, 3.63) is 0 Å². The van der Waals surface area contributed by atoms with Crippen LogP contribution in [0.2, 0.25) is 0 Å². The topological polar surface area (TPSA) is 17.1 Å². The van der Waals surface area contributed by atoms with Gasteiger partial charge in [-0.25, -0.2) is 0 Å². The van der Waals surface area contributed by atoms with E-state index in [4.69, 9.17) is 3.87 Å². The molecule has 4 heteroatoms. The fraction of sp³-hybridized carbons (Fsp3) is 0. The third-order valence-corrected chi connectivity index (χ3v) is 0.